The molecule has 40 heavy (non-hydrogen) atoms. The third-order valence-electron chi connectivity index (χ3n) is 7.00. The number of ether oxygens (including phenoxy) is 3. The second kappa shape index (κ2) is 14.2. The largest absolute Gasteiger partial charge is 1.00 e. The van der Waals surface area contributed by atoms with Crippen LogP contribution in [0.4, 0.5) is 5.69 Å². The molecule has 1 amide bonds. The van der Waals surface area contributed by atoms with Crippen molar-refractivity contribution in [3.05, 3.63) is 83.9 Å². The second-order valence-electron chi connectivity index (χ2n) is 10.3. The molecule has 3 aromatic carbocycles. The van der Waals surface area contributed by atoms with E-state index in [9.17, 15) is 9.59 Å². The van der Waals surface area contributed by atoms with Crippen LogP contribution in [-0.4, -0.2) is 70.4 Å². The lowest BCUT2D eigenvalue weighted by atomic mass is 10.1. The number of methoxy groups -OCH3 is 2. The quantitative estimate of drug-likeness (QED) is 0.187. The first kappa shape index (κ1) is 31.8. The van der Waals surface area contributed by atoms with Gasteiger partial charge in [0, 0.05) is 18.2 Å². The van der Waals surface area contributed by atoms with E-state index in [2.05, 4.69) is 26.2 Å². The number of hydrogen-bond acceptors (Lipinski definition) is 6. The fraction of sp³-hybridized carbons (Fsp3) is 0.355. The number of anilines is 1. The number of carbonyl (C=O) groups is 2. The molecule has 2 atom stereocenters. The molecule has 7 nitrogen and oxygen atoms in total. The van der Waals surface area contributed by atoms with Gasteiger partial charge in [-0.15, -0.1) is 11.8 Å². The van der Waals surface area contributed by atoms with E-state index in [-0.39, 0.29) is 29.9 Å². The third-order valence-corrected chi connectivity index (χ3v) is 8.37. The van der Waals surface area contributed by atoms with Gasteiger partial charge in [0.25, 0.3) is 5.91 Å². The number of thioether (sulfide) groups is 1. The lowest BCUT2D eigenvalue weighted by Crippen LogP contribution is -3.00. The molecule has 1 aliphatic heterocycles. The van der Waals surface area contributed by atoms with Gasteiger partial charge in [0.05, 0.1) is 58.9 Å². The molecule has 4 rings (SSSR count). The molecule has 1 heterocycles. The second-order valence-corrected chi connectivity index (χ2v) is 11.5. The molecule has 0 aliphatic carbocycles. The van der Waals surface area contributed by atoms with Gasteiger partial charge in [-0.3, -0.25) is 9.59 Å². The summed E-state index contributed by atoms with van der Waals surface area (Å²) in [6.07, 6.45) is -0.0686. The Morgan fingerprint density at radius 2 is 1.62 bits per heavy atom. The summed E-state index contributed by atoms with van der Waals surface area (Å²) in [4.78, 5) is 29.1. The van der Waals surface area contributed by atoms with E-state index in [1.165, 1.54) is 12.5 Å². The van der Waals surface area contributed by atoms with Crippen LogP contribution in [0.1, 0.15) is 23.3 Å². The van der Waals surface area contributed by atoms with E-state index >= 15 is 0 Å². The maximum absolute atomic E-state index is 14.1. The molecule has 0 fully saturated rings. The first-order valence-corrected chi connectivity index (χ1v) is 13.9. The number of rotatable bonds is 10. The average Bonchev–Trinajstić information content (AvgIpc) is 3.05. The number of halogens is 1. The van der Waals surface area contributed by atoms with E-state index < -0.39 is 17.3 Å². The van der Waals surface area contributed by atoms with Crippen LogP contribution in [0.15, 0.2) is 77.7 Å². The van der Waals surface area contributed by atoms with Gasteiger partial charge >= 0.3 is 5.97 Å². The van der Waals surface area contributed by atoms with Gasteiger partial charge in [0.2, 0.25) is 0 Å². The van der Waals surface area contributed by atoms with Gasteiger partial charge < -0.3 is 47.6 Å². The van der Waals surface area contributed by atoms with Crippen molar-refractivity contribution < 1.29 is 52.3 Å². The summed E-state index contributed by atoms with van der Waals surface area (Å²) in [5, 5.41) is -0.394. The minimum atomic E-state index is -0.958. The van der Waals surface area contributed by atoms with E-state index in [0.29, 0.717) is 6.54 Å². The van der Waals surface area contributed by atoms with Crippen molar-refractivity contribution in [2.24, 2.45) is 0 Å². The summed E-state index contributed by atoms with van der Waals surface area (Å²) in [5.41, 5.74) is 2.95. The Kier molecular flexibility index (Phi) is 11.3. The molecular formula is C31H37IN2O5S. The Morgan fingerprint density at radius 1 is 0.925 bits per heavy atom. The first-order valence-electron chi connectivity index (χ1n) is 13.0. The number of quaternary nitrogens is 1. The van der Waals surface area contributed by atoms with Gasteiger partial charge in [-0.25, -0.2) is 0 Å². The van der Waals surface area contributed by atoms with E-state index in [1.807, 2.05) is 60.7 Å². The zero-order valence-electron chi connectivity index (χ0n) is 23.6. The highest BCUT2D eigenvalue weighted by atomic mass is 127. The van der Waals surface area contributed by atoms with Crippen LogP contribution >= 0.6 is 11.8 Å². The van der Waals surface area contributed by atoms with Crippen LogP contribution in [0.25, 0.3) is 0 Å². The molecule has 2 unspecified atom stereocenters. The predicted molar refractivity (Wildman–Crippen MR) is 154 cm³/mol. The minimum Gasteiger partial charge on any atom is -1.00 e. The Hall–Kier alpha value is -2.76. The molecule has 9 heteroatoms. The number of amides is 1. The summed E-state index contributed by atoms with van der Waals surface area (Å²) in [7, 11) is 7.64. The van der Waals surface area contributed by atoms with Crippen LogP contribution in [0.2, 0.25) is 0 Å². The predicted octanol–water partition coefficient (Wildman–Crippen LogP) is 2.14. The van der Waals surface area contributed by atoms with Crippen molar-refractivity contribution in [1.82, 2.24) is 0 Å². The number of fused-ring (bicyclic) bond motifs is 1. The topological polar surface area (TPSA) is 65.1 Å². The summed E-state index contributed by atoms with van der Waals surface area (Å²) >= 11 is 1.55. The highest BCUT2D eigenvalue weighted by molar-refractivity contribution is 7.99. The van der Waals surface area contributed by atoms with Gasteiger partial charge in [-0.05, 0) is 47.5 Å². The number of para-hydroxylation sites is 1. The Labute approximate surface area is 258 Å². The number of esters is 1. The summed E-state index contributed by atoms with van der Waals surface area (Å²) in [6.45, 7) is 3.47. The number of carbonyl (C=O) groups excluding carboxylic acids is 2. The van der Waals surface area contributed by atoms with E-state index in [4.69, 9.17) is 14.2 Å². The highest BCUT2D eigenvalue weighted by Gasteiger charge is 2.41. The first-order chi connectivity index (χ1) is 18.7. The highest BCUT2D eigenvalue weighted by Crippen LogP contribution is 2.46. The van der Waals surface area contributed by atoms with Crippen LogP contribution in [-0.2, 0) is 20.7 Å². The molecule has 0 saturated carbocycles. The maximum Gasteiger partial charge on any atom is 0.303 e. The van der Waals surface area contributed by atoms with E-state index in [0.717, 1.165) is 51.6 Å². The summed E-state index contributed by atoms with van der Waals surface area (Å²) < 4.78 is 17.1. The Bertz CT molecular complexity index is 1300. The van der Waals surface area contributed by atoms with Crippen molar-refractivity contribution in [1.29, 1.82) is 0 Å². The molecule has 0 aromatic heterocycles. The number of benzene rings is 3. The lowest BCUT2D eigenvalue weighted by Gasteiger charge is -2.34. The van der Waals surface area contributed by atoms with E-state index in [1.54, 1.807) is 30.9 Å². The van der Waals surface area contributed by atoms with Crippen LogP contribution in [0.5, 0.6) is 11.5 Å². The SMILES string of the molecule is COc1ccc(C2Sc3ccccc3N(CC[N+](C)(C)CCc3cccc(OC)c3)C(=O)C2OC(C)=O)cc1.[I-]. The van der Waals surface area contributed by atoms with Crippen LogP contribution in [0.3, 0.4) is 0 Å². The molecule has 3 aromatic rings. The monoisotopic (exact) mass is 676 g/mol. The van der Waals surface area contributed by atoms with Gasteiger partial charge in [-0.2, -0.15) is 0 Å². The minimum absolute atomic E-state index is 0. The summed E-state index contributed by atoms with van der Waals surface area (Å²) in [5.74, 6) is 0.887. The number of hydrogen-bond donors (Lipinski definition) is 0. The third kappa shape index (κ3) is 7.92. The molecule has 0 spiro atoms. The average molecular weight is 677 g/mol. The Balaban J connectivity index is 0.00000441. The Morgan fingerprint density at radius 3 is 2.30 bits per heavy atom. The zero-order chi connectivity index (χ0) is 28.0. The van der Waals surface area contributed by atoms with Crippen LogP contribution < -0.4 is 38.4 Å². The molecule has 0 radical (unpaired) electrons. The van der Waals surface area contributed by atoms with Crippen molar-refractivity contribution in [3.63, 3.8) is 0 Å². The van der Waals surface area contributed by atoms with Crippen LogP contribution in [0, 0.1) is 0 Å². The van der Waals surface area contributed by atoms with Gasteiger partial charge in [0.15, 0.2) is 6.10 Å². The standard InChI is InChI=1S/C31H37N2O5S.HI/c1-22(34)38-29-30(24-13-15-25(36-4)16-14-24)39-28-12-7-6-11-27(28)32(31(29)35)18-20-33(2,3)19-17-23-9-8-10-26(21-23)37-5;/h6-16,21,29-30H,17-20H2,1-5H3;1H/q+1;/p-1. The van der Waals surface area contributed by atoms with Crippen molar-refractivity contribution in [2.75, 3.05) is 52.8 Å². The fourth-order valence-corrected chi connectivity index (χ4v) is 6.00. The fourth-order valence-electron chi connectivity index (χ4n) is 4.68. The molecule has 1 aliphatic rings. The smallest absolute Gasteiger partial charge is 0.303 e. The number of likely N-dealkylation sites (N-methyl/N-ethyl adjacent to an activating group) is 1. The van der Waals surface area contributed by atoms with Crippen molar-refractivity contribution in [3.8, 4) is 11.5 Å². The maximum atomic E-state index is 14.1. The lowest BCUT2D eigenvalue weighted by molar-refractivity contribution is -0.888. The zero-order valence-corrected chi connectivity index (χ0v) is 26.6. The van der Waals surface area contributed by atoms with Crippen molar-refractivity contribution >= 4 is 29.3 Å². The normalized spacial score (nSPS) is 16.8. The summed E-state index contributed by atoms with van der Waals surface area (Å²) in [6, 6.07) is 23.6. The van der Waals surface area contributed by atoms with Crippen molar-refractivity contribution in [2.45, 2.75) is 29.6 Å². The number of nitrogens with zero attached hydrogens (tertiary/aromatic N) is 2. The van der Waals surface area contributed by atoms with Gasteiger partial charge in [0.1, 0.15) is 11.5 Å². The molecule has 0 bridgehead atoms. The molecule has 0 saturated heterocycles. The molecule has 214 valence electrons. The molecular weight excluding hydrogens is 639 g/mol. The van der Waals surface area contributed by atoms with Gasteiger partial charge in [-0.1, -0.05) is 36.4 Å². The molecule has 0 N–H and O–H groups in total.